The van der Waals surface area contributed by atoms with Gasteiger partial charge in [0.1, 0.15) is 24.3 Å². The van der Waals surface area contributed by atoms with Gasteiger partial charge in [-0.2, -0.15) is 21.0 Å². The zero-order chi connectivity index (χ0) is 24.8. The molecule has 0 aliphatic carbocycles. The van der Waals surface area contributed by atoms with Crippen molar-refractivity contribution in [1.29, 1.82) is 21.0 Å². The van der Waals surface area contributed by atoms with Crippen LogP contribution in [0.3, 0.4) is 0 Å². The molecule has 0 aliphatic heterocycles. The van der Waals surface area contributed by atoms with E-state index in [0.717, 1.165) is 48.3 Å². The summed E-state index contributed by atoms with van der Waals surface area (Å²) in [4.78, 5) is 3.23. The van der Waals surface area contributed by atoms with Crippen LogP contribution in [0.4, 0.5) is 0 Å². The lowest BCUT2D eigenvalue weighted by Gasteiger charge is -2.00. The van der Waals surface area contributed by atoms with E-state index in [2.05, 4.69) is 38.1 Å². The average Bonchev–Trinajstić information content (AvgIpc) is 3.39. The fourth-order valence-electron chi connectivity index (χ4n) is 4.21. The highest BCUT2D eigenvalue weighted by atomic mass is 32.1. The Kier molecular flexibility index (Phi) is 12.4. The van der Waals surface area contributed by atoms with E-state index in [0.29, 0.717) is 32.0 Å². The van der Waals surface area contributed by atoms with Gasteiger partial charge in [0.25, 0.3) is 0 Å². The van der Waals surface area contributed by atoms with Gasteiger partial charge in [-0.1, -0.05) is 78.1 Å². The molecule has 2 heterocycles. The number of unbranched alkanes of at least 4 members (excludes halogenated alkanes) is 10. The van der Waals surface area contributed by atoms with Crippen LogP contribution >= 0.6 is 22.7 Å². The van der Waals surface area contributed by atoms with Crippen molar-refractivity contribution in [3.63, 3.8) is 0 Å². The minimum atomic E-state index is 0.363. The summed E-state index contributed by atoms with van der Waals surface area (Å²) in [6, 6.07) is 8.93. The second-order valence-electron chi connectivity index (χ2n) is 8.69. The van der Waals surface area contributed by atoms with E-state index >= 15 is 0 Å². The Morgan fingerprint density at radius 1 is 0.471 bits per heavy atom. The topological polar surface area (TPSA) is 95.2 Å². The molecular weight excluding hydrogens is 456 g/mol. The molecule has 0 aromatic carbocycles. The molecule has 178 valence electrons. The van der Waals surface area contributed by atoms with E-state index < -0.39 is 0 Å². The largest absolute Gasteiger partial charge is 0.192 e. The molecule has 0 N–H and O–H groups in total. The summed E-state index contributed by atoms with van der Waals surface area (Å²) >= 11 is 2.92. The van der Waals surface area contributed by atoms with Gasteiger partial charge in [0.2, 0.25) is 0 Å². The number of hydrogen-bond donors (Lipinski definition) is 0. The van der Waals surface area contributed by atoms with Crippen molar-refractivity contribution in [1.82, 2.24) is 0 Å². The van der Waals surface area contributed by atoms with Crippen LogP contribution in [-0.4, -0.2) is 0 Å². The molecule has 0 atom stereocenters. The Bertz CT molecular complexity index is 1010. The van der Waals surface area contributed by atoms with E-state index in [1.54, 1.807) is 0 Å². The van der Waals surface area contributed by atoms with Crippen LogP contribution in [0.25, 0.3) is 9.75 Å². The quantitative estimate of drug-likeness (QED) is 0.233. The molecule has 2 aromatic rings. The lowest BCUT2D eigenvalue weighted by Crippen LogP contribution is -1.88. The number of hydrogen-bond acceptors (Lipinski definition) is 6. The maximum absolute atomic E-state index is 9.88. The SMILES string of the molecule is CCCCCCCCc1sc(-c2sc(CCCCCCCC)c(C#N)c2C#N)c(C#N)c1C#N. The number of thiophene rings is 2. The molecule has 0 fully saturated rings. The van der Waals surface area contributed by atoms with Crippen LogP contribution in [-0.2, 0) is 12.8 Å². The lowest BCUT2D eigenvalue weighted by molar-refractivity contribution is 0.609. The molecule has 6 heteroatoms. The molecule has 0 radical (unpaired) electrons. The van der Waals surface area contributed by atoms with E-state index in [9.17, 15) is 21.0 Å². The molecule has 0 saturated heterocycles. The van der Waals surface area contributed by atoms with Crippen molar-refractivity contribution >= 4 is 22.7 Å². The number of aryl methyl sites for hydroxylation is 2. The molecule has 2 rings (SSSR count). The Hall–Kier alpha value is -2.64. The van der Waals surface area contributed by atoms with Gasteiger partial charge in [-0.15, -0.1) is 22.7 Å². The number of nitriles is 4. The fraction of sp³-hybridized carbons (Fsp3) is 0.571. The third-order valence-electron chi connectivity index (χ3n) is 6.13. The number of rotatable bonds is 15. The molecule has 0 aliphatic rings. The summed E-state index contributed by atoms with van der Waals surface area (Å²) < 4.78 is 0. The van der Waals surface area contributed by atoms with Crippen LogP contribution in [0, 0.1) is 45.3 Å². The summed E-state index contributed by atoms with van der Waals surface area (Å²) in [5, 5.41) is 39.3. The first kappa shape index (κ1) is 27.6. The second kappa shape index (κ2) is 15.3. The van der Waals surface area contributed by atoms with Gasteiger partial charge < -0.3 is 0 Å². The standard InChI is InChI=1S/C28H34N4S2/c1-3-5-7-9-11-13-15-25-21(17-29)23(19-31)27(33-25)28-24(20-32)22(18-30)26(34-28)16-14-12-10-8-6-4-2/h3-16H2,1-2H3. The zero-order valence-corrected chi connectivity index (χ0v) is 22.1. The van der Waals surface area contributed by atoms with Crippen LogP contribution in [0.2, 0.25) is 0 Å². The van der Waals surface area contributed by atoms with Crippen molar-refractivity contribution in [2.75, 3.05) is 0 Å². The Morgan fingerprint density at radius 3 is 1.12 bits per heavy atom. The van der Waals surface area contributed by atoms with Crippen LogP contribution in [0.1, 0.15) is 123 Å². The van der Waals surface area contributed by atoms with Crippen LogP contribution < -0.4 is 0 Å². The smallest absolute Gasteiger partial charge is 0.102 e. The summed E-state index contributed by atoms with van der Waals surface area (Å²) in [6.07, 6.45) is 15.5. The van der Waals surface area contributed by atoms with Crippen molar-refractivity contribution in [3.8, 4) is 34.0 Å². The van der Waals surface area contributed by atoms with Gasteiger partial charge in [0.05, 0.1) is 32.0 Å². The summed E-state index contributed by atoms with van der Waals surface area (Å²) in [5.74, 6) is 0. The molecule has 0 amide bonds. The maximum Gasteiger partial charge on any atom is 0.102 e. The summed E-state index contributed by atoms with van der Waals surface area (Å²) in [5.41, 5.74) is 1.62. The molecule has 0 spiro atoms. The predicted molar refractivity (Wildman–Crippen MR) is 141 cm³/mol. The molecule has 4 nitrogen and oxygen atoms in total. The molecular formula is C28H34N4S2. The second-order valence-corrected chi connectivity index (χ2v) is 10.9. The van der Waals surface area contributed by atoms with E-state index in [1.807, 2.05) is 0 Å². The summed E-state index contributed by atoms with van der Waals surface area (Å²) in [6.45, 7) is 4.40. The predicted octanol–water partition coefficient (Wildman–Crippen LogP) is 8.77. The van der Waals surface area contributed by atoms with Crippen molar-refractivity contribution in [3.05, 3.63) is 32.0 Å². The van der Waals surface area contributed by atoms with Crippen LogP contribution in [0.15, 0.2) is 0 Å². The third kappa shape index (κ3) is 7.18. The van der Waals surface area contributed by atoms with E-state index in [4.69, 9.17) is 0 Å². The fourth-order valence-corrected chi connectivity index (χ4v) is 6.83. The molecule has 0 bridgehead atoms. The highest BCUT2D eigenvalue weighted by Gasteiger charge is 2.26. The van der Waals surface area contributed by atoms with Gasteiger partial charge in [-0.25, -0.2) is 0 Å². The monoisotopic (exact) mass is 490 g/mol. The van der Waals surface area contributed by atoms with Crippen molar-refractivity contribution in [2.45, 2.75) is 104 Å². The first-order valence-electron chi connectivity index (χ1n) is 12.6. The minimum absolute atomic E-state index is 0.363. The minimum Gasteiger partial charge on any atom is -0.192 e. The maximum atomic E-state index is 9.88. The van der Waals surface area contributed by atoms with Gasteiger partial charge >= 0.3 is 0 Å². The van der Waals surface area contributed by atoms with E-state index in [-0.39, 0.29) is 0 Å². The summed E-state index contributed by atoms with van der Waals surface area (Å²) in [7, 11) is 0. The highest BCUT2D eigenvalue weighted by Crippen LogP contribution is 2.44. The Morgan fingerprint density at radius 2 is 0.794 bits per heavy atom. The lowest BCUT2D eigenvalue weighted by atomic mass is 10.0. The number of nitrogens with zero attached hydrogens (tertiary/aromatic N) is 4. The molecule has 34 heavy (non-hydrogen) atoms. The van der Waals surface area contributed by atoms with Crippen molar-refractivity contribution in [2.24, 2.45) is 0 Å². The van der Waals surface area contributed by atoms with Crippen molar-refractivity contribution < 1.29 is 0 Å². The van der Waals surface area contributed by atoms with Gasteiger partial charge in [-0.3, -0.25) is 0 Å². The first-order chi connectivity index (χ1) is 16.7. The van der Waals surface area contributed by atoms with Gasteiger partial charge in [-0.05, 0) is 25.7 Å². The Balaban J connectivity index is 2.28. The van der Waals surface area contributed by atoms with Gasteiger partial charge in [0, 0.05) is 9.75 Å². The third-order valence-corrected chi connectivity index (χ3v) is 8.79. The molecule has 0 saturated carbocycles. The average molecular weight is 491 g/mol. The van der Waals surface area contributed by atoms with Crippen LogP contribution in [0.5, 0.6) is 0 Å². The first-order valence-corrected chi connectivity index (χ1v) is 14.2. The molecule has 2 aromatic heterocycles. The normalized spacial score (nSPS) is 10.4. The van der Waals surface area contributed by atoms with E-state index in [1.165, 1.54) is 74.0 Å². The Labute approximate surface area is 213 Å². The highest BCUT2D eigenvalue weighted by molar-refractivity contribution is 7.22. The molecule has 0 unspecified atom stereocenters. The van der Waals surface area contributed by atoms with Gasteiger partial charge in [0.15, 0.2) is 0 Å². The zero-order valence-electron chi connectivity index (χ0n) is 20.5.